The summed E-state index contributed by atoms with van der Waals surface area (Å²) in [6.07, 6.45) is 6.38. The first kappa shape index (κ1) is 15.0. The molecular weight excluding hydrogens is 252 g/mol. The fourth-order valence-corrected chi connectivity index (χ4v) is 2.49. The van der Waals surface area contributed by atoms with Gasteiger partial charge >= 0.3 is 0 Å². The Morgan fingerprint density at radius 2 is 2.30 bits per heavy atom. The van der Waals surface area contributed by atoms with Gasteiger partial charge in [0.1, 0.15) is 0 Å². The van der Waals surface area contributed by atoms with Gasteiger partial charge in [-0.3, -0.25) is 0 Å². The molecule has 1 aliphatic heterocycles. The van der Waals surface area contributed by atoms with E-state index < -0.39 is 0 Å². The lowest BCUT2D eigenvalue weighted by molar-refractivity contribution is 0.304. The van der Waals surface area contributed by atoms with Gasteiger partial charge in [-0.2, -0.15) is 4.98 Å². The average Bonchev–Trinajstić information content (AvgIpc) is 2.98. The molecule has 1 atom stereocenters. The summed E-state index contributed by atoms with van der Waals surface area (Å²) in [5.74, 6) is 1.46. The van der Waals surface area contributed by atoms with Crippen LogP contribution in [0.3, 0.4) is 0 Å². The lowest BCUT2D eigenvalue weighted by Gasteiger charge is -2.25. The van der Waals surface area contributed by atoms with Crippen LogP contribution in [0.25, 0.3) is 0 Å². The molecule has 0 saturated carbocycles. The molecule has 1 aromatic rings. The Morgan fingerprint density at radius 1 is 1.40 bits per heavy atom. The highest BCUT2D eigenvalue weighted by Crippen LogP contribution is 2.16. The number of nitrogens with one attached hydrogen (secondary N) is 1. The molecule has 5 heteroatoms. The maximum absolute atomic E-state index is 5.60. The van der Waals surface area contributed by atoms with E-state index in [1.165, 1.54) is 12.8 Å². The van der Waals surface area contributed by atoms with Gasteiger partial charge in [-0.25, -0.2) is 4.98 Å². The van der Waals surface area contributed by atoms with Crippen LogP contribution in [0.2, 0.25) is 0 Å². The van der Waals surface area contributed by atoms with Crippen molar-refractivity contribution in [3.05, 3.63) is 12.3 Å². The topological polar surface area (TPSA) is 50.3 Å². The lowest BCUT2D eigenvalue weighted by Crippen LogP contribution is -2.39. The van der Waals surface area contributed by atoms with E-state index in [2.05, 4.69) is 34.0 Å². The highest BCUT2D eigenvalue weighted by atomic mass is 16.5. The van der Waals surface area contributed by atoms with E-state index in [0.717, 1.165) is 38.4 Å². The molecular formula is C15H26N4O. The minimum Gasteiger partial charge on any atom is -0.478 e. The third kappa shape index (κ3) is 4.34. The SMILES string of the molecule is CCCOc1ccnc(N(CCC)CC2CCCN2)n1. The van der Waals surface area contributed by atoms with Crippen molar-refractivity contribution in [2.75, 3.05) is 31.1 Å². The van der Waals surface area contributed by atoms with Crippen LogP contribution >= 0.6 is 0 Å². The fraction of sp³-hybridized carbons (Fsp3) is 0.733. The maximum Gasteiger partial charge on any atom is 0.228 e. The number of anilines is 1. The van der Waals surface area contributed by atoms with Gasteiger partial charge in [0.05, 0.1) is 6.61 Å². The van der Waals surface area contributed by atoms with Crippen LogP contribution in [0.4, 0.5) is 5.95 Å². The summed E-state index contributed by atoms with van der Waals surface area (Å²) in [5, 5.41) is 3.54. The lowest BCUT2D eigenvalue weighted by atomic mass is 10.2. The Labute approximate surface area is 121 Å². The number of hydrogen-bond acceptors (Lipinski definition) is 5. The van der Waals surface area contributed by atoms with Crippen molar-refractivity contribution < 1.29 is 4.74 Å². The predicted octanol–water partition coefficient (Wildman–Crippen LogP) is 2.23. The van der Waals surface area contributed by atoms with Gasteiger partial charge in [-0.05, 0) is 32.2 Å². The van der Waals surface area contributed by atoms with Gasteiger partial charge < -0.3 is 15.0 Å². The highest BCUT2D eigenvalue weighted by molar-refractivity contribution is 5.32. The number of hydrogen-bond donors (Lipinski definition) is 1. The summed E-state index contributed by atoms with van der Waals surface area (Å²) in [5.41, 5.74) is 0. The molecule has 1 saturated heterocycles. The first-order valence-electron chi connectivity index (χ1n) is 7.77. The second-order valence-electron chi connectivity index (χ2n) is 5.28. The van der Waals surface area contributed by atoms with E-state index in [1.807, 2.05) is 6.07 Å². The average molecular weight is 278 g/mol. The van der Waals surface area contributed by atoms with E-state index >= 15 is 0 Å². The standard InChI is InChI=1S/C15H26N4O/c1-3-10-19(12-13-6-5-8-16-13)15-17-9-7-14(18-15)20-11-4-2/h7,9,13,16H,3-6,8,10-12H2,1-2H3. The highest BCUT2D eigenvalue weighted by Gasteiger charge is 2.19. The van der Waals surface area contributed by atoms with Crippen molar-refractivity contribution in [3.8, 4) is 5.88 Å². The van der Waals surface area contributed by atoms with Gasteiger partial charge in [-0.1, -0.05) is 13.8 Å². The van der Waals surface area contributed by atoms with E-state index in [0.29, 0.717) is 18.5 Å². The Hall–Kier alpha value is -1.36. The molecule has 0 bridgehead atoms. The smallest absolute Gasteiger partial charge is 0.228 e. The quantitative estimate of drug-likeness (QED) is 0.790. The second kappa shape index (κ2) is 8.04. The molecule has 112 valence electrons. The zero-order valence-corrected chi connectivity index (χ0v) is 12.6. The molecule has 20 heavy (non-hydrogen) atoms. The third-order valence-electron chi connectivity index (χ3n) is 3.45. The van der Waals surface area contributed by atoms with Crippen LogP contribution in [0.15, 0.2) is 12.3 Å². The third-order valence-corrected chi connectivity index (χ3v) is 3.45. The summed E-state index contributed by atoms with van der Waals surface area (Å²) < 4.78 is 5.60. The van der Waals surface area contributed by atoms with Crippen LogP contribution in [0, 0.1) is 0 Å². The van der Waals surface area contributed by atoms with E-state index in [4.69, 9.17) is 4.74 Å². The minimum atomic E-state index is 0.561. The largest absolute Gasteiger partial charge is 0.478 e. The Morgan fingerprint density at radius 3 is 3.00 bits per heavy atom. The van der Waals surface area contributed by atoms with Crippen molar-refractivity contribution >= 4 is 5.95 Å². The van der Waals surface area contributed by atoms with Crippen molar-refractivity contribution in [1.29, 1.82) is 0 Å². The Balaban J connectivity index is 2.02. The number of nitrogens with zero attached hydrogens (tertiary/aromatic N) is 3. The zero-order chi connectivity index (χ0) is 14.2. The Bertz CT molecular complexity index is 393. The molecule has 0 amide bonds. The van der Waals surface area contributed by atoms with E-state index in [1.54, 1.807) is 6.20 Å². The molecule has 1 aliphatic rings. The molecule has 0 aromatic carbocycles. The van der Waals surface area contributed by atoms with Crippen molar-refractivity contribution in [3.63, 3.8) is 0 Å². The first-order chi connectivity index (χ1) is 9.83. The van der Waals surface area contributed by atoms with Gasteiger partial charge in [0.15, 0.2) is 0 Å². The fourth-order valence-electron chi connectivity index (χ4n) is 2.49. The van der Waals surface area contributed by atoms with Crippen LogP contribution in [-0.4, -0.2) is 42.3 Å². The summed E-state index contributed by atoms with van der Waals surface area (Å²) >= 11 is 0. The Kier molecular flexibility index (Phi) is 6.05. The molecule has 1 unspecified atom stereocenters. The minimum absolute atomic E-state index is 0.561. The molecule has 0 radical (unpaired) electrons. The van der Waals surface area contributed by atoms with Crippen LogP contribution in [-0.2, 0) is 0 Å². The monoisotopic (exact) mass is 278 g/mol. The normalized spacial score (nSPS) is 18.2. The van der Waals surface area contributed by atoms with Gasteiger partial charge in [0, 0.05) is 31.4 Å². The number of rotatable bonds is 8. The number of aromatic nitrogens is 2. The van der Waals surface area contributed by atoms with Crippen LogP contribution in [0.1, 0.15) is 39.5 Å². The summed E-state index contributed by atoms with van der Waals surface area (Å²) in [6, 6.07) is 2.39. The van der Waals surface area contributed by atoms with Crippen LogP contribution in [0.5, 0.6) is 5.88 Å². The van der Waals surface area contributed by atoms with Gasteiger partial charge in [0.25, 0.3) is 0 Å². The molecule has 0 aliphatic carbocycles. The van der Waals surface area contributed by atoms with Crippen molar-refractivity contribution in [2.24, 2.45) is 0 Å². The van der Waals surface area contributed by atoms with Crippen LogP contribution < -0.4 is 15.0 Å². The second-order valence-corrected chi connectivity index (χ2v) is 5.28. The molecule has 2 heterocycles. The first-order valence-corrected chi connectivity index (χ1v) is 7.77. The molecule has 1 N–H and O–H groups in total. The zero-order valence-electron chi connectivity index (χ0n) is 12.6. The molecule has 2 rings (SSSR count). The van der Waals surface area contributed by atoms with Gasteiger partial charge in [-0.15, -0.1) is 0 Å². The number of ether oxygens (including phenoxy) is 1. The maximum atomic E-state index is 5.60. The van der Waals surface area contributed by atoms with E-state index in [9.17, 15) is 0 Å². The predicted molar refractivity (Wildman–Crippen MR) is 81.3 cm³/mol. The molecule has 5 nitrogen and oxygen atoms in total. The summed E-state index contributed by atoms with van der Waals surface area (Å²) in [6.45, 7) is 8.07. The summed E-state index contributed by atoms with van der Waals surface area (Å²) in [4.78, 5) is 11.2. The van der Waals surface area contributed by atoms with Gasteiger partial charge in [0.2, 0.25) is 11.8 Å². The summed E-state index contributed by atoms with van der Waals surface area (Å²) in [7, 11) is 0. The molecule has 0 spiro atoms. The molecule has 1 aromatic heterocycles. The van der Waals surface area contributed by atoms with E-state index in [-0.39, 0.29) is 0 Å². The van der Waals surface area contributed by atoms with Crippen molar-refractivity contribution in [2.45, 2.75) is 45.6 Å². The molecule has 1 fully saturated rings. The van der Waals surface area contributed by atoms with Crippen molar-refractivity contribution in [1.82, 2.24) is 15.3 Å².